The molecule has 0 spiro atoms. The molecule has 0 aliphatic carbocycles. The number of methoxy groups -OCH3 is 1. The Morgan fingerprint density at radius 2 is 1.93 bits per heavy atom. The third-order valence-corrected chi connectivity index (χ3v) is 4.82. The largest absolute Gasteiger partial charge is 0.466 e. The van der Waals surface area contributed by atoms with Gasteiger partial charge in [-0.15, -0.1) is 0 Å². The number of thiocarbonyl (C=S) groups is 1. The molecule has 1 amide bonds. The van der Waals surface area contributed by atoms with Crippen LogP contribution in [0.1, 0.15) is 28.9 Å². The lowest BCUT2D eigenvalue weighted by Crippen LogP contribution is -2.45. The first-order valence-corrected chi connectivity index (χ1v) is 9.21. The van der Waals surface area contributed by atoms with E-state index in [4.69, 9.17) is 28.6 Å². The van der Waals surface area contributed by atoms with Crippen molar-refractivity contribution in [3.63, 3.8) is 0 Å². The molecule has 1 aliphatic rings. The van der Waals surface area contributed by atoms with Crippen LogP contribution in [-0.4, -0.2) is 24.1 Å². The number of amides is 1. The fourth-order valence-electron chi connectivity index (χ4n) is 2.96. The fraction of sp³-hybridized carbons (Fsp3) is 0.150. The van der Waals surface area contributed by atoms with Crippen LogP contribution in [0.4, 0.5) is 5.69 Å². The van der Waals surface area contributed by atoms with E-state index in [-0.39, 0.29) is 5.91 Å². The van der Waals surface area contributed by atoms with E-state index >= 15 is 0 Å². The number of ether oxygens (including phenoxy) is 1. The molecule has 3 rings (SSSR count). The third-order valence-electron chi connectivity index (χ3n) is 4.27. The zero-order valence-corrected chi connectivity index (χ0v) is 16.8. The fourth-order valence-corrected chi connectivity index (χ4v) is 3.46. The molecule has 0 bridgehead atoms. The molecule has 3 N–H and O–H groups in total. The minimum absolute atomic E-state index is 0.323. The summed E-state index contributed by atoms with van der Waals surface area (Å²) in [6.07, 6.45) is 0. The summed E-state index contributed by atoms with van der Waals surface area (Å²) in [4.78, 5) is 24.8. The van der Waals surface area contributed by atoms with Gasteiger partial charge < -0.3 is 20.7 Å². The van der Waals surface area contributed by atoms with Crippen molar-refractivity contribution in [1.82, 2.24) is 10.6 Å². The van der Waals surface area contributed by atoms with Crippen molar-refractivity contribution in [2.24, 2.45) is 0 Å². The SMILES string of the molecule is COC(=O)C1=C(C)NC(=S)N[C@H]1c1cccc(NC(=O)c2ccccc2Cl)c1. The molecule has 1 aliphatic heterocycles. The number of anilines is 1. The molecule has 0 saturated heterocycles. The molecule has 1 heterocycles. The van der Waals surface area contributed by atoms with E-state index in [9.17, 15) is 9.59 Å². The smallest absolute Gasteiger partial charge is 0.337 e. The van der Waals surface area contributed by atoms with E-state index in [1.807, 2.05) is 6.07 Å². The Morgan fingerprint density at radius 3 is 2.64 bits per heavy atom. The summed E-state index contributed by atoms with van der Waals surface area (Å²) in [6.45, 7) is 1.76. The number of rotatable bonds is 4. The summed E-state index contributed by atoms with van der Waals surface area (Å²) in [7, 11) is 1.33. The number of allylic oxidation sites excluding steroid dienone is 1. The van der Waals surface area contributed by atoms with Crippen LogP contribution in [0.25, 0.3) is 0 Å². The second-order valence-corrected chi connectivity index (χ2v) is 6.94. The number of esters is 1. The van der Waals surface area contributed by atoms with Crippen molar-refractivity contribution in [2.45, 2.75) is 13.0 Å². The van der Waals surface area contributed by atoms with Crippen molar-refractivity contribution < 1.29 is 14.3 Å². The second-order valence-electron chi connectivity index (χ2n) is 6.12. The maximum absolute atomic E-state index is 12.5. The molecule has 1 atom stereocenters. The highest BCUT2D eigenvalue weighted by molar-refractivity contribution is 7.80. The van der Waals surface area contributed by atoms with E-state index in [2.05, 4.69) is 16.0 Å². The highest BCUT2D eigenvalue weighted by Crippen LogP contribution is 2.29. The van der Waals surface area contributed by atoms with Gasteiger partial charge in [-0.25, -0.2) is 4.79 Å². The van der Waals surface area contributed by atoms with E-state index < -0.39 is 12.0 Å². The molecule has 2 aromatic carbocycles. The first-order valence-electron chi connectivity index (χ1n) is 8.43. The number of hydrogen-bond acceptors (Lipinski definition) is 4. The van der Waals surface area contributed by atoms with Gasteiger partial charge in [0, 0.05) is 11.4 Å². The van der Waals surface area contributed by atoms with Gasteiger partial charge in [0.05, 0.1) is 29.3 Å². The van der Waals surface area contributed by atoms with Gasteiger partial charge in [0.25, 0.3) is 5.91 Å². The Balaban J connectivity index is 1.91. The first-order chi connectivity index (χ1) is 13.4. The number of carbonyl (C=O) groups is 2. The minimum atomic E-state index is -0.502. The molecular weight excluding hydrogens is 398 g/mol. The third kappa shape index (κ3) is 4.16. The molecule has 8 heteroatoms. The topological polar surface area (TPSA) is 79.5 Å². The van der Waals surface area contributed by atoms with Gasteiger partial charge in [-0.3, -0.25) is 4.79 Å². The molecular formula is C20H18ClN3O3S. The van der Waals surface area contributed by atoms with Crippen LogP contribution in [-0.2, 0) is 9.53 Å². The molecule has 6 nitrogen and oxygen atoms in total. The zero-order valence-electron chi connectivity index (χ0n) is 15.2. The first kappa shape index (κ1) is 19.9. The number of nitrogens with one attached hydrogen (secondary N) is 3. The highest BCUT2D eigenvalue weighted by atomic mass is 35.5. The molecule has 0 radical (unpaired) electrons. The van der Waals surface area contributed by atoms with Crippen LogP contribution in [0.3, 0.4) is 0 Å². The molecule has 144 valence electrons. The van der Waals surface area contributed by atoms with Gasteiger partial charge in [0.1, 0.15) is 0 Å². The molecule has 0 saturated carbocycles. The van der Waals surface area contributed by atoms with Gasteiger partial charge in [0.2, 0.25) is 0 Å². The summed E-state index contributed by atoms with van der Waals surface area (Å²) in [5.74, 6) is -0.785. The molecule has 0 unspecified atom stereocenters. The number of halogens is 1. The predicted molar refractivity (Wildman–Crippen MR) is 112 cm³/mol. The summed E-state index contributed by atoms with van der Waals surface area (Å²) < 4.78 is 4.91. The van der Waals surface area contributed by atoms with Crippen molar-refractivity contribution >= 4 is 46.5 Å². The maximum Gasteiger partial charge on any atom is 0.337 e. The number of benzene rings is 2. The van der Waals surface area contributed by atoms with Gasteiger partial charge in [-0.05, 0) is 49.0 Å². The highest BCUT2D eigenvalue weighted by Gasteiger charge is 2.30. The Morgan fingerprint density at radius 1 is 1.18 bits per heavy atom. The van der Waals surface area contributed by atoms with Crippen LogP contribution in [0, 0.1) is 0 Å². The molecule has 2 aromatic rings. The average molecular weight is 416 g/mol. The normalized spacial score (nSPS) is 16.1. The van der Waals surface area contributed by atoms with Gasteiger partial charge in [0.15, 0.2) is 5.11 Å². The van der Waals surface area contributed by atoms with Gasteiger partial charge in [-0.2, -0.15) is 0 Å². The van der Waals surface area contributed by atoms with Gasteiger partial charge >= 0.3 is 5.97 Å². The van der Waals surface area contributed by atoms with Crippen molar-refractivity contribution in [3.05, 3.63) is 76.0 Å². The van der Waals surface area contributed by atoms with E-state index in [0.29, 0.717) is 32.7 Å². The lowest BCUT2D eigenvalue weighted by atomic mass is 9.95. The zero-order chi connectivity index (χ0) is 20.3. The minimum Gasteiger partial charge on any atom is -0.466 e. The number of carbonyl (C=O) groups excluding carboxylic acids is 2. The number of hydrogen-bond donors (Lipinski definition) is 3. The maximum atomic E-state index is 12.5. The second kappa shape index (κ2) is 8.41. The van der Waals surface area contributed by atoms with E-state index in [1.54, 1.807) is 49.4 Å². The Kier molecular flexibility index (Phi) is 5.96. The van der Waals surface area contributed by atoms with Crippen LogP contribution >= 0.6 is 23.8 Å². The van der Waals surface area contributed by atoms with Crippen LogP contribution in [0.2, 0.25) is 5.02 Å². The van der Waals surface area contributed by atoms with Crippen molar-refractivity contribution in [3.8, 4) is 0 Å². The lowest BCUT2D eigenvalue weighted by molar-refractivity contribution is -0.136. The standard InChI is InChI=1S/C20H18ClN3O3S/c1-11-16(19(26)27-2)17(24-20(28)22-11)12-6-5-7-13(10-12)23-18(25)14-8-3-4-9-15(14)21/h3-10,17H,1-2H3,(H,23,25)(H2,22,24,28)/t17-/m0/s1. The van der Waals surface area contributed by atoms with Crippen LogP contribution in [0.5, 0.6) is 0 Å². The Labute approximate surface area is 172 Å². The summed E-state index contributed by atoms with van der Waals surface area (Å²) in [6, 6.07) is 13.5. The predicted octanol–water partition coefficient (Wildman–Crippen LogP) is 3.56. The van der Waals surface area contributed by atoms with Crippen molar-refractivity contribution in [2.75, 3.05) is 12.4 Å². The van der Waals surface area contributed by atoms with Crippen LogP contribution < -0.4 is 16.0 Å². The monoisotopic (exact) mass is 415 g/mol. The van der Waals surface area contributed by atoms with Gasteiger partial charge in [-0.1, -0.05) is 35.9 Å². The van der Waals surface area contributed by atoms with Crippen LogP contribution in [0.15, 0.2) is 59.8 Å². The Hall–Kier alpha value is -2.90. The summed E-state index contributed by atoms with van der Waals surface area (Å²) >= 11 is 11.3. The Bertz CT molecular complexity index is 990. The van der Waals surface area contributed by atoms with E-state index in [1.165, 1.54) is 7.11 Å². The summed E-state index contributed by atoms with van der Waals surface area (Å²) in [5, 5.41) is 9.61. The molecule has 0 aromatic heterocycles. The molecule has 28 heavy (non-hydrogen) atoms. The van der Waals surface area contributed by atoms with Crippen molar-refractivity contribution in [1.29, 1.82) is 0 Å². The average Bonchev–Trinajstić information content (AvgIpc) is 2.67. The summed E-state index contributed by atoms with van der Waals surface area (Å²) in [5.41, 5.74) is 2.73. The lowest BCUT2D eigenvalue weighted by Gasteiger charge is -2.29. The quantitative estimate of drug-likeness (QED) is 0.523. The molecule has 0 fully saturated rings. The van der Waals surface area contributed by atoms with E-state index in [0.717, 1.165) is 5.56 Å².